The summed E-state index contributed by atoms with van der Waals surface area (Å²) >= 11 is 0. The monoisotopic (exact) mass is 278 g/mol. The van der Waals surface area contributed by atoms with Crippen molar-refractivity contribution < 1.29 is 20.4 Å². The fraction of sp³-hybridized carbons (Fsp3) is 1.00. The maximum Gasteiger partial charge on any atom is 0.0639 e. The second kappa shape index (κ2) is 10.5. The van der Waals surface area contributed by atoms with Crippen molar-refractivity contribution in [2.24, 2.45) is 0 Å². The van der Waals surface area contributed by atoms with Crippen LogP contribution in [0.25, 0.3) is 0 Å². The van der Waals surface area contributed by atoms with Crippen molar-refractivity contribution in [3.8, 4) is 0 Å². The summed E-state index contributed by atoms with van der Waals surface area (Å²) in [6.07, 6.45) is -1.32. The van der Waals surface area contributed by atoms with Crippen LogP contribution in [0.3, 0.4) is 0 Å². The summed E-state index contributed by atoms with van der Waals surface area (Å²) in [4.78, 5) is 3.96. The summed E-state index contributed by atoms with van der Waals surface area (Å²) in [6.45, 7) is 8.62. The standard InChI is InChI=1S/C13H30N2O4/c1-11(17)8-14(6-7-16)4-5-15(9-12(2)18)10-13(3)19/h11-13,16-19H,4-10H2,1-3H3/t11-,12-,13-/m1/s1. The van der Waals surface area contributed by atoms with Gasteiger partial charge in [-0.05, 0) is 20.8 Å². The smallest absolute Gasteiger partial charge is 0.0639 e. The van der Waals surface area contributed by atoms with Gasteiger partial charge in [-0.1, -0.05) is 0 Å². The van der Waals surface area contributed by atoms with Gasteiger partial charge in [-0.2, -0.15) is 0 Å². The minimum Gasteiger partial charge on any atom is -0.395 e. The first kappa shape index (κ1) is 18.8. The Labute approximate surface area is 116 Å². The van der Waals surface area contributed by atoms with Gasteiger partial charge in [0.1, 0.15) is 0 Å². The molecule has 6 nitrogen and oxygen atoms in total. The fourth-order valence-electron chi connectivity index (χ4n) is 2.10. The van der Waals surface area contributed by atoms with Gasteiger partial charge < -0.3 is 20.4 Å². The first-order valence-corrected chi connectivity index (χ1v) is 6.94. The molecule has 0 aliphatic heterocycles. The molecule has 0 amide bonds. The Morgan fingerprint density at radius 1 is 0.684 bits per heavy atom. The Bertz CT molecular complexity index is 203. The van der Waals surface area contributed by atoms with Crippen molar-refractivity contribution in [1.82, 2.24) is 9.80 Å². The minimum absolute atomic E-state index is 0.0551. The van der Waals surface area contributed by atoms with Crippen molar-refractivity contribution in [3.05, 3.63) is 0 Å². The number of aliphatic hydroxyl groups is 4. The fourth-order valence-corrected chi connectivity index (χ4v) is 2.10. The Hall–Kier alpha value is -0.240. The van der Waals surface area contributed by atoms with Crippen molar-refractivity contribution in [2.45, 2.75) is 39.1 Å². The van der Waals surface area contributed by atoms with Crippen molar-refractivity contribution >= 4 is 0 Å². The van der Waals surface area contributed by atoms with Gasteiger partial charge in [-0.15, -0.1) is 0 Å². The lowest BCUT2D eigenvalue weighted by molar-refractivity contribution is 0.0643. The Morgan fingerprint density at radius 3 is 1.42 bits per heavy atom. The van der Waals surface area contributed by atoms with E-state index in [1.165, 1.54) is 0 Å². The topological polar surface area (TPSA) is 87.4 Å². The molecule has 4 N–H and O–H groups in total. The molecule has 3 atom stereocenters. The zero-order chi connectivity index (χ0) is 14.8. The van der Waals surface area contributed by atoms with E-state index in [1.807, 2.05) is 9.80 Å². The maximum absolute atomic E-state index is 9.43. The van der Waals surface area contributed by atoms with Crippen LogP contribution >= 0.6 is 0 Å². The van der Waals surface area contributed by atoms with Crippen LogP contribution in [0, 0.1) is 0 Å². The molecular formula is C13H30N2O4. The van der Waals surface area contributed by atoms with Gasteiger partial charge >= 0.3 is 0 Å². The normalized spacial score (nSPS) is 16.9. The summed E-state index contributed by atoms with van der Waals surface area (Å²) in [5.41, 5.74) is 0. The van der Waals surface area contributed by atoms with E-state index in [-0.39, 0.29) is 6.61 Å². The van der Waals surface area contributed by atoms with Crippen LogP contribution < -0.4 is 0 Å². The highest BCUT2D eigenvalue weighted by Gasteiger charge is 2.14. The van der Waals surface area contributed by atoms with Crippen LogP contribution in [-0.4, -0.2) is 94.4 Å². The Balaban J connectivity index is 4.22. The summed E-state index contributed by atoms with van der Waals surface area (Å²) in [6, 6.07) is 0. The second-order valence-corrected chi connectivity index (χ2v) is 5.33. The van der Waals surface area contributed by atoms with E-state index in [9.17, 15) is 15.3 Å². The van der Waals surface area contributed by atoms with E-state index < -0.39 is 18.3 Å². The predicted octanol–water partition coefficient (Wildman–Crippen LogP) is -1.27. The van der Waals surface area contributed by atoms with Gasteiger partial charge in [-0.3, -0.25) is 9.80 Å². The highest BCUT2D eigenvalue weighted by Crippen LogP contribution is 1.99. The third kappa shape index (κ3) is 11.3. The van der Waals surface area contributed by atoms with Gasteiger partial charge in [0.15, 0.2) is 0 Å². The van der Waals surface area contributed by atoms with Gasteiger partial charge in [0, 0.05) is 39.3 Å². The Morgan fingerprint density at radius 2 is 1.05 bits per heavy atom. The van der Waals surface area contributed by atoms with E-state index >= 15 is 0 Å². The SMILES string of the molecule is C[C@@H](O)CN(CCO)CCN(C[C@@H](C)O)C[C@@H](C)O. The lowest BCUT2D eigenvalue weighted by atomic mass is 10.3. The second-order valence-electron chi connectivity index (χ2n) is 5.33. The van der Waals surface area contributed by atoms with Gasteiger partial charge in [-0.25, -0.2) is 0 Å². The zero-order valence-electron chi connectivity index (χ0n) is 12.4. The van der Waals surface area contributed by atoms with Crippen LogP contribution in [0.2, 0.25) is 0 Å². The molecular weight excluding hydrogens is 248 g/mol. The third-order valence-electron chi connectivity index (χ3n) is 2.72. The highest BCUT2D eigenvalue weighted by atomic mass is 16.3. The number of aliphatic hydroxyl groups excluding tert-OH is 4. The third-order valence-corrected chi connectivity index (χ3v) is 2.72. The van der Waals surface area contributed by atoms with Gasteiger partial charge in [0.2, 0.25) is 0 Å². The van der Waals surface area contributed by atoms with Crippen LogP contribution in [0.5, 0.6) is 0 Å². The lowest BCUT2D eigenvalue weighted by Crippen LogP contribution is -2.43. The molecule has 0 heterocycles. The average molecular weight is 278 g/mol. The molecule has 0 radical (unpaired) electrons. The van der Waals surface area contributed by atoms with Crippen LogP contribution in [-0.2, 0) is 0 Å². The molecule has 0 aromatic rings. The predicted molar refractivity (Wildman–Crippen MR) is 75.0 cm³/mol. The molecule has 0 aliphatic rings. The molecule has 0 saturated carbocycles. The molecule has 116 valence electrons. The molecule has 0 rings (SSSR count). The Kier molecular flexibility index (Phi) is 10.4. The molecule has 6 heteroatoms. The number of hydrogen-bond acceptors (Lipinski definition) is 6. The first-order chi connectivity index (χ1) is 8.85. The molecule has 0 bridgehead atoms. The van der Waals surface area contributed by atoms with E-state index in [2.05, 4.69) is 0 Å². The zero-order valence-corrected chi connectivity index (χ0v) is 12.4. The molecule has 19 heavy (non-hydrogen) atoms. The molecule has 0 aromatic carbocycles. The molecule has 0 spiro atoms. The van der Waals surface area contributed by atoms with Gasteiger partial charge in [0.25, 0.3) is 0 Å². The minimum atomic E-state index is -0.443. The summed E-state index contributed by atoms with van der Waals surface area (Å²) in [5.74, 6) is 0. The number of rotatable bonds is 11. The molecule has 0 aliphatic carbocycles. The molecule has 0 saturated heterocycles. The van der Waals surface area contributed by atoms with Crippen LogP contribution in [0.1, 0.15) is 20.8 Å². The van der Waals surface area contributed by atoms with E-state index in [1.54, 1.807) is 20.8 Å². The van der Waals surface area contributed by atoms with E-state index in [0.29, 0.717) is 39.3 Å². The lowest BCUT2D eigenvalue weighted by Gasteiger charge is -2.29. The molecule has 0 aromatic heterocycles. The summed E-state index contributed by atoms with van der Waals surface area (Å²) in [7, 11) is 0. The largest absolute Gasteiger partial charge is 0.395 e. The average Bonchev–Trinajstić information content (AvgIpc) is 2.23. The maximum atomic E-state index is 9.43. The van der Waals surface area contributed by atoms with Crippen molar-refractivity contribution in [2.75, 3.05) is 45.9 Å². The van der Waals surface area contributed by atoms with E-state index in [4.69, 9.17) is 5.11 Å². The first-order valence-electron chi connectivity index (χ1n) is 6.94. The quantitative estimate of drug-likeness (QED) is 0.377. The highest BCUT2D eigenvalue weighted by molar-refractivity contribution is 4.69. The van der Waals surface area contributed by atoms with Crippen molar-refractivity contribution in [3.63, 3.8) is 0 Å². The van der Waals surface area contributed by atoms with Crippen LogP contribution in [0.15, 0.2) is 0 Å². The summed E-state index contributed by atoms with van der Waals surface area (Å²) in [5, 5.41) is 37.2. The van der Waals surface area contributed by atoms with Crippen LogP contribution in [0.4, 0.5) is 0 Å². The molecule has 0 fully saturated rings. The van der Waals surface area contributed by atoms with Gasteiger partial charge in [0.05, 0.1) is 24.9 Å². The van der Waals surface area contributed by atoms with E-state index in [0.717, 1.165) is 0 Å². The number of hydrogen-bond donors (Lipinski definition) is 4. The number of nitrogens with zero attached hydrogens (tertiary/aromatic N) is 2. The summed E-state index contributed by atoms with van der Waals surface area (Å²) < 4.78 is 0. The van der Waals surface area contributed by atoms with Crippen molar-refractivity contribution in [1.29, 1.82) is 0 Å². The molecule has 0 unspecified atom stereocenters.